The molecule has 4 nitrogen and oxygen atoms in total. The SMILES string of the molecule is COC(=O)C(C)(C)[C@H]1CC(=O)c2cc(-c3cc(C(F)(F)F)cc(C(F)(F)F)c3)ccc2O1. The number of hydrogen-bond donors (Lipinski definition) is 0. The summed E-state index contributed by atoms with van der Waals surface area (Å²) in [7, 11) is 1.19. The lowest BCUT2D eigenvalue weighted by molar-refractivity contribution is -0.156. The third kappa shape index (κ3) is 4.44. The second-order valence-corrected chi connectivity index (χ2v) is 7.95. The Hall–Kier alpha value is -3.04. The average molecular weight is 460 g/mol. The Morgan fingerprint density at radius 2 is 1.50 bits per heavy atom. The number of rotatable bonds is 3. The van der Waals surface area contributed by atoms with Crippen LogP contribution in [0.25, 0.3) is 11.1 Å². The molecule has 0 aliphatic carbocycles. The first-order chi connectivity index (χ1) is 14.6. The van der Waals surface area contributed by atoms with Crippen LogP contribution >= 0.6 is 0 Å². The molecule has 10 heteroatoms. The van der Waals surface area contributed by atoms with Crippen molar-refractivity contribution < 1.29 is 45.4 Å². The number of hydrogen-bond acceptors (Lipinski definition) is 4. The molecule has 2 aromatic rings. The van der Waals surface area contributed by atoms with Crippen molar-refractivity contribution in [3.63, 3.8) is 0 Å². The van der Waals surface area contributed by atoms with Gasteiger partial charge in [0, 0.05) is 6.42 Å². The van der Waals surface area contributed by atoms with Crippen molar-refractivity contribution in [3.8, 4) is 16.9 Å². The maximum atomic E-state index is 13.2. The summed E-state index contributed by atoms with van der Waals surface area (Å²) in [5.41, 5.74) is -4.43. The first-order valence-electron chi connectivity index (χ1n) is 9.36. The maximum absolute atomic E-state index is 13.2. The van der Waals surface area contributed by atoms with E-state index in [9.17, 15) is 35.9 Å². The van der Waals surface area contributed by atoms with E-state index < -0.39 is 46.8 Å². The molecule has 3 rings (SSSR count). The van der Waals surface area contributed by atoms with Crippen LogP contribution in [0.4, 0.5) is 26.3 Å². The number of ketones is 1. The van der Waals surface area contributed by atoms with Crippen molar-refractivity contribution in [2.24, 2.45) is 5.41 Å². The van der Waals surface area contributed by atoms with Crippen LogP contribution in [0.3, 0.4) is 0 Å². The van der Waals surface area contributed by atoms with Gasteiger partial charge in [0.2, 0.25) is 0 Å². The van der Waals surface area contributed by atoms with Crippen molar-refractivity contribution in [2.45, 2.75) is 38.7 Å². The number of ether oxygens (including phenoxy) is 2. The predicted molar refractivity (Wildman–Crippen MR) is 101 cm³/mol. The van der Waals surface area contributed by atoms with Gasteiger partial charge >= 0.3 is 18.3 Å². The topological polar surface area (TPSA) is 52.6 Å². The molecule has 1 aliphatic heterocycles. The van der Waals surface area contributed by atoms with Gasteiger partial charge in [-0.3, -0.25) is 9.59 Å². The lowest BCUT2D eigenvalue weighted by Crippen LogP contribution is -2.45. The van der Waals surface area contributed by atoms with Crippen molar-refractivity contribution >= 4 is 11.8 Å². The zero-order valence-electron chi connectivity index (χ0n) is 17.1. The normalized spacial score (nSPS) is 16.9. The molecule has 2 aromatic carbocycles. The number of carbonyl (C=O) groups is 2. The van der Waals surface area contributed by atoms with Crippen LogP contribution < -0.4 is 4.74 Å². The third-order valence-corrected chi connectivity index (χ3v) is 5.36. The molecule has 0 N–H and O–H groups in total. The Morgan fingerprint density at radius 1 is 0.938 bits per heavy atom. The number of methoxy groups -OCH3 is 1. The molecule has 0 spiro atoms. The standard InChI is InChI=1S/C22H18F6O4/c1-20(2,19(30)31-3)18-10-16(29)15-8-11(4-5-17(15)32-18)12-6-13(21(23,24)25)9-14(7-12)22(26,27)28/h4-9,18H,10H2,1-3H3/t18-/m1/s1. The predicted octanol–water partition coefficient (Wildman–Crippen LogP) is 5.92. The second kappa shape index (κ2) is 7.83. The molecule has 172 valence electrons. The third-order valence-electron chi connectivity index (χ3n) is 5.36. The smallest absolute Gasteiger partial charge is 0.416 e. The van der Waals surface area contributed by atoms with Crippen LogP contribution in [0.5, 0.6) is 5.75 Å². The molecule has 0 amide bonds. The molecule has 1 aliphatic rings. The van der Waals surface area contributed by atoms with E-state index in [-0.39, 0.29) is 34.9 Å². The zero-order chi connectivity index (χ0) is 24.1. The quantitative estimate of drug-likeness (QED) is 0.421. The van der Waals surface area contributed by atoms with E-state index in [1.165, 1.54) is 39.2 Å². The van der Waals surface area contributed by atoms with Crippen LogP contribution in [0.1, 0.15) is 41.8 Å². The van der Waals surface area contributed by atoms with Gasteiger partial charge in [0.15, 0.2) is 5.78 Å². The minimum atomic E-state index is -4.99. The van der Waals surface area contributed by atoms with Crippen LogP contribution in [0.2, 0.25) is 0 Å². The van der Waals surface area contributed by atoms with Gasteiger partial charge in [-0.15, -0.1) is 0 Å². The minimum absolute atomic E-state index is 0.00499. The molecule has 1 heterocycles. The van der Waals surface area contributed by atoms with E-state index in [2.05, 4.69) is 0 Å². The van der Waals surface area contributed by atoms with Crippen molar-refractivity contribution in [1.29, 1.82) is 0 Å². The van der Waals surface area contributed by atoms with E-state index in [4.69, 9.17) is 9.47 Å². The fourth-order valence-electron chi connectivity index (χ4n) is 3.42. The summed E-state index contributed by atoms with van der Waals surface area (Å²) in [6.07, 6.45) is -11.0. The number of carbonyl (C=O) groups excluding carboxylic acids is 2. The number of Topliss-reactive ketones (excluding diaryl/α,β-unsaturated/α-hetero) is 1. The monoisotopic (exact) mass is 460 g/mol. The van der Waals surface area contributed by atoms with Crippen LogP contribution in [-0.2, 0) is 21.9 Å². The van der Waals surface area contributed by atoms with E-state index in [1.54, 1.807) is 0 Å². The van der Waals surface area contributed by atoms with E-state index in [1.807, 2.05) is 0 Å². The van der Waals surface area contributed by atoms with Crippen LogP contribution in [-0.4, -0.2) is 25.0 Å². The van der Waals surface area contributed by atoms with Crippen molar-refractivity contribution in [3.05, 3.63) is 53.1 Å². The second-order valence-electron chi connectivity index (χ2n) is 7.95. The van der Waals surface area contributed by atoms with E-state index in [0.717, 1.165) is 0 Å². The minimum Gasteiger partial charge on any atom is -0.488 e. The van der Waals surface area contributed by atoms with Crippen molar-refractivity contribution in [2.75, 3.05) is 7.11 Å². The zero-order valence-corrected chi connectivity index (χ0v) is 17.1. The summed E-state index contributed by atoms with van der Waals surface area (Å²) < 4.78 is 89.4. The van der Waals surface area contributed by atoms with Gasteiger partial charge in [0.1, 0.15) is 11.9 Å². The van der Waals surface area contributed by atoms with Gasteiger partial charge in [0.25, 0.3) is 0 Å². The summed E-state index contributed by atoms with van der Waals surface area (Å²) in [6, 6.07) is 4.96. The summed E-state index contributed by atoms with van der Waals surface area (Å²) in [6.45, 7) is 3.08. The van der Waals surface area contributed by atoms with E-state index in [0.29, 0.717) is 12.1 Å². The highest BCUT2D eigenvalue weighted by Gasteiger charge is 2.44. The molecule has 0 aromatic heterocycles. The molecular weight excluding hydrogens is 442 g/mol. The van der Waals surface area contributed by atoms with Crippen molar-refractivity contribution in [1.82, 2.24) is 0 Å². The van der Waals surface area contributed by atoms with E-state index >= 15 is 0 Å². The molecule has 1 atom stereocenters. The Labute approximate surface area is 179 Å². The number of halogens is 6. The van der Waals surface area contributed by atoms with Gasteiger partial charge in [-0.1, -0.05) is 6.07 Å². The Bertz CT molecular complexity index is 1040. The largest absolute Gasteiger partial charge is 0.488 e. The molecule has 0 radical (unpaired) electrons. The first kappa shape index (κ1) is 23.6. The molecule has 0 saturated carbocycles. The molecule has 0 bridgehead atoms. The first-order valence-corrected chi connectivity index (χ1v) is 9.36. The number of fused-ring (bicyclic) bond motifs is 1. The summed E-state index contributed by atoms with van der Waals surface area (Å²) in [4.78, 5) is 24.7. The average Bonchev–Trinajstić information content (AvgIpc) is 2.71. The molecule has 0 fully saturated rings. The molecule has 32 heavy (non-hydrogen) atoms. The maximum Gasteiger partial charge on any atom is 0.416 e. The fraction of sp³-hybridized carbons (Fsp3) is 0.364. The van der Waals surface area contributed by atoms with Gasteiger partial charge < -0.3 is 9.47 Å². The van der Waals surface area contributed by atoms with Gasteiger partial charge in [-0.25, -0.2) is 0 Å². The lowest BCUT2D eigenvalue weighted by Gasteiger charge is -2.35. The summed E-state index contributed by atoms with van der Waals surface area (Å²) in [5.74, 6) is -0.980. The number of alkyl halides is 6. The Balaban J connectivity index is 2.05. The number of esters is 1. The van der Waals surface area contributed by atoms with Gasteiger partial charge in [-0.05, 0) is 55.3 Å². The van der Waals surface area contributed by atoms with Crippen LogP contribution in [0.15, 0.2) is 36.4 Å². The highest BCUT2D eigenvalue weighted by molar-refractivity contribution is 6.01. The van der Waals surface area contributed by atoms with Crippen LogP contribution in [0, 0.1) is 5.41 Å². The number of benzene rings is 2. The molecule has 0 unspecified atom stereocenters. The molecule has 0 saturated heterocycles. The summed E-state index contributed by atoms with van der Waals surface area (Å²) in [5, 5.41) is 0. The highest BCUT2D eigenvalue weighted by atomic mass is 19.4. The highest BCUT2D eigenvalue weighted by Crippen LogP contribution is 2.41. The summed E-state index contributed by atoms with van der Waals surface area (Å²) >= 11 is 0. The van der Waals surface area contributed by atoms with Gasteiger partial charge in [0.05, 0.1) is 29.2 Å². The molecular formula is C22H18F6O4. The fourth-order valence-corrected chi connectivity index (χ4v) is 3.42. The Morgan fingerprint density at radius 3 is 2.00 bits per heavy atom. The van der Waals surface area contributed by atoms with Gasteiger partial charge in [-0.2, -0.15) is 26.3 Å². The lowest BCUT2D eigenvalue weighted by atomic mass is 9.81. The Kier molecular flexibility index (Phi) is 5.78.